The lowest BCUT2D eigenvalue weighted by atomic mass is 10.1. The average Bonchev–Trinajstić information content (AvgIpc) is 3.01. The largest absolute Gasteiger partial charge is 0.502 e. The zero-order chi connectivity index (χ0) is 17.7. The van der Waals surface area contributed by atoms with E-state index in [2.05, 4.69) is 4.98 Å². The maximum absolute atomic E-state index is 13.6. The molecule has 0 radical (unpaired) electrons. The molecule has 1 aromatic heterocycles. The van der Waals surface area contributed by atoms with E-state index in [4.69, 9.17) is 10.2 Å². The number of carbonyl (C=O) groups is 3. The normalized spacial score (nSPS) is 11.6. The van der Waals surface area contributed by atoms with Crippen molar-refractivity contribution in [1.29, 1.82) is 0 Å². The van der Waals surface area contributed by atoms with Crippen LogP contribution in [0.4, 0.5) is 4.39 Å². The van der Waals surface area contributed by atoms with Gasteiger partial charge in [-0.15, -0.1) is 0 Å². The number of aliphatic hydroxyl groups excluding tert-OH is 1. The number of carboxylic acids is 1. The lowest BCUT2D eigenvalue weighted by Gasteiger charge is -1.99. The number of nitrogens with one attached hydrogen (secondary N) is 1. The maximum atomic E-state index is 13.6. The Labute approximate surface area is 135 Å². The number of allylic oxidation sites excluding steroid dienone is 2. The van der Waals surface area contributed by atoms with E-state index < -0.39 is 29.1 Å². The van der Waals surface area contributed by atoms with Crippen molar-refractivity contribution < 1.29 is 29.0 Å². The van der Waals surface area contributed by atoms with Gasteiger partial charge < -0.3 is 15.2 Å². The molecule has 7 heteroatoms. The van der Waals surface area contributed by atoms with Crippen LogP contribution < -0.4 is 0 Å². The van der Waals surface area contributed by atoms with Crippen LogP contribution in [0.25, 0.3) is 6.08 Å². The fourth-order valence-electron chi connectivity index (χ4n) is 1.86. The Bertz CT molecular complexity index is 863. The van der Waals surface area contributed by atoms with Gasteiger partial charge in [-0.3, -0.25) is 9.59 Å². The fourth-order valence-corrected chi connectivity index (χ4v) is 1.86. The fraction of sp³-hybridized carbons (Fsp3) is 0. The van der Waals surface area contributed by atoms with Crippen LogP contribution in [0.1, 0.15) is 21.6 Å². The van der Waals surface area contributed by atoms with Crippen molar-refractivity contribution in [3.63, 3.8) is 0 Å². The maximum Gasteiger partial charge on any atom is 0.371 e. The summed E-state index contributed by atoms with van der Waals surface area (Å²) < 4.78 is 13.6. The molecule has 6 nitrogen and oxygen atoms in total. The second-order valence-corrected chi connectivity index (χ2v) is 4.72. The number of hydrogen-bond acceptors (Lipinski definition) is 4. The van der Waals surface area contributed by atoms with Crippen molar-refractivity contribution in [3.8, 4) is 0 Å². The van der Waals surface area contributed by atoms with Gasteiger partial charge in [0.25, 0.3) is 0 Å². The van der Waals surface area contributed by atoms with Crippen LogP contribution in [0.3, 0.4) is 0 Å². The number of carbonyl (C=O) groups excluding carboxylic acids is 2. The zero-order valence-electron chi connectivity index (χ0n) is 12.2. The molecule has 122 valence electrons. The van der Waals surface area contributed by atoms with Crippen LogP contribution in [0, 0.1) is 5.82 Å². The Morgan fingerprint density at radius 1 is 1.12 bits per heavy atom. The Balaban J connectivity index is 2.14. The van der Waals surface area contributed by atoms with Gasteiger partial charge in [-0.1, -0.05) is 12.1 Å². The number of aliphatic hydroxyl groups is 1. The monoisotopic (exact) mass is 329 g/mol. The molecule has 1 heterocycles. The molecule has 24 heavy (non-hydrogen) atoms. The highest BCUT2D eigenvalue weighted by Gasteiger charge is 2.14. The minimum absolute atomic E-state index is 0.0718. The van der Waals surface area contributed by atoms with Gasteiger partial charge in [-0.05, 0) is 30.4 Å². The predicted octanol–water partition coefficient (Wildman–Crippen LogP) is 2.49. The molecular formula is C17H12FNO5. The van der Waals surface area contributed by atoms with E-state index in [1.54, 1.807) is 6.07 Å². The summed E-state index contributed by atoms with van der Waals surface area (Å²) in [6.45, 7) is 0. The minimum atomic E-state index is -1.62. The summed E-state index contributed by atoms with van der Waals surface area (Å²) in [5, 5.41) is 17.4. The van der Waals surface area contributed by atoms with Crippen LogP contribution in [0.2, 0.25) is 0 Å². The third-order valence-electron chi connectivity index (χ3n) is 3.01. The van der Waals surface area contributed by atoms with Crippen molar-refractivity contribution in [2.24, 2.45) is 0 Å². The van der Waals surface area contributed by atoms with E-state index in [9.17, 15) is 18.8 Å². The highest BCUT2D eigenvalue weighted by atomic mass is 19.1. The van der Waals surface area contributed by atoms with Crippen molar-refractivity contribution in [2.75, 3.05) is 0 Å². The number of ketones is 2. The highest BCUT2D eigenvalue weighted by molar-refractivity contribution is 6.09. The van der Waals surface area contributed by atoms with E-state index in [0.29, 0.717) is 11.8 Å². The summed E-state index contributed by atoms with van der Waals surface area (Å²) in [7, 11) is 0. The molecule has 2 aromatic rings. The van der Waals surface area contributed by atoms with E-state index in [1.165, 1.54) is 36.5 Å². The van der Waals surface area contributed by atoms with E-state index in [1.807, 2.05) is 0 Å². The first-order valence-electron chi connectivity index (χ1n) is 6.72. The van der Waals surface area contributed by atoms with Crippen molar-refractivity contribution in [2.45, 2.75) is 0 Å². The van der Waals surface area contributed by atoms with E-state index >= 15 is 0 Å². The molecule has 0 unspecified atom stereocenters. The molecule has 0 spiro atoms. The van der Waals surface area contributed by atoms with E-state index in [0.717, 1.165) is 6.08 Å². The van der Waals surface area contributed by atoms with Gasteiger partial charge in [0.05, 0.1) is 5.56 Å². The first-order valence-corrected chi connectivity index (χ1v) is 6.72. The van der Waals surface area contributed by atoms with Gasteiger partial charge >= 0.3 is 5.97 Å². The first-order chi connectivity index (χ1) is 11.4. The van der Waals surface area contributed by atoms with Gasteiger partial charge in [-0.2, -0.15) is 0 Å². The van der Waals surface area contributed by atoms with Gasteiger partial charge in [0.2, 0.25) is 5.76 Å². The SMILES string of the molecule is O=C(/C=C(\O)C(=O)O)/C=C/c1cc(C(=O)c2ccccc2F)c[nH]1. The molecule has 0 bridgehead atoms. The third-order valence-corrected chi connectivity index (χ3v) is 3.01. The van der Waals surface area contributed by atoms with Crippen molar-refractivity contribution in [1.82, 2.24) is 4.98 Å². The first kappa shape index (κ1) is 16.9. The molecule has 2 rings (SSSR count). The standard InChI is InChI=1S/C17H12FNO5/c18-14-4-2-1-3-13(14)16(22)10-7-11(19-9-10)5-6-12(20)8-15(21)17(23)24/h1-9,19,21H,(H,23,24)/b6-5+,15-8-. The quantitative estimate of drug-likeness (QED) is 0.429. The Hall–Kier alpha value is -3.48. The third kappa shape index (κ3) is 4.04. The molecule has 0 aliphatic rings. The molecule has 1 aromatic carbocycles. The number of aliphatic carboxylic acids is 1. The Morgan fingerprint density at radius 3 is 2.50 bits per heavy atom. The number of benzene rings is 1. The van der Waals surface area contributed by atoms with Crippen LogP contribution >= 0.6 is 0 Å². The molecule has 0 saturated carbocycles. The lowest BCUT2D eigenvalue weighted by Crippen LogP contribution is -2.02. The molecule has 3 N–H and O–H groups in total. The topological polar surface area (TPSA) is 107 Å². The molecule has 0 atom stereocenters. The molecular weight excluding hydrogens is 317 g/mol. The van der Waals surface area contributed by atoms with Gasteiger partial charge in [0.15, 0.2) is 11.6 Å². The summed E-state index contributed by atoms with van der Waals surface area (Å²) in [5.41, 5.74) is 0.514. The Kier molecular flexibility index (Phi) is 5.06. The zero-order valence-corrected chi connectivity index (χ0v) is 12.2. The molecule has 0 aliphatic carbocycles. The van der Waals surface area contributed by atoms with Crippen LogP contribution in [0.5, 0.6) is 0 Å². The molecule has 0 fully saturated rings. The second-order valence-electron chi connectivity index (χ2n) is 4.72. The number of aromatic nitrogens is 1. The van der Waals surface area contributed by atoms with Gasteiger partial charge in [0.1, 0.15) is 5.82 Å². The summed E-state index contributed by atoms with van der Waals surface area (Å²) in [5.74, 6) is -4.59. The summed E-state index contributed by atoms with van der Waals surface area (Å²) in [4.78, 5) is 36.7. The summed E-state index contributed by atoms with van der Waals surface area (Å²) in [6, 6.07) is 6.98. The number of hydrogen-bond donors (Lipinski definition) is 3. The smallest absolute Gasteiger partial charge is 0.371 e. The van der Waals surface area contributed by atoms with Crippen LogP contribution in [0.15, 0.2) is 54.4 Å². The highest BCUT2D eigenvalue weighted by Crippen LogP contribution is 2.15. The number of aromatic amines is 1. The number of halogens is 1. The van der Waals surface area contributed by atoms with Crippen LogP contribution in [-0.2, 0) is 9.59 Å². The Morgan fingerprint density at radius 2 is 1.83 bits per heavy atom. The van der Waals surface area contributed by atoms with Crippen LogP contribution in [-0.4, -0.2) is 32.7 Å². The lowest BCUT2D eigenvalue weighted by molar-refractivity contribution is -0.135. The van der Waals surface area contributed by atoms with Gasteiger partial charge in [0, 0.05) is 23.5 Å². The second kappa shape index (κ2) is 7.19. The van der Waals surface area contributed by atoms with Gasteiger partial charge in [-0.25, -0.2) is 9.18 Å². The molecule has 0 amide bonds. The molecule has 0 aliphatic heterocycles. The predicted molar refractivity (Wildman–Crippen MR) is 83.0 cm³/mol. The number of rotatable bonds is 6. The minimum Gasteiger partial charge on any atom is -0.502 e. The van der Waals surface area contributed by atoms with Crippen molar-refractivity contribution >= 4 is 23.6 Å². The van der Waals surface area contributed by atoms with E-state index in [-0.39, 0.29) is 11.1 Å². The average molecular weight is 329 g/mol. The molecule has 0 saturated heterocycles. The number of H-pyrrole nitrogens is 1. The summed E-state index contributed by atoms with van der Waals surface area (Å²) >= 11 is 0. The summed E-state index contributed by atoms with van der Waals surface area (Å²) in [6.07, 6.45) is 4.23. The number of carboxylic acid groups (broad SMARTS) is 1. The van der Waals surface area contributed by atoms with Crippen molar-refractivity contribution in [3.05, 3.63) is 77.1 Å².